The zero-order valence-corrected chi connectivity index (χ0v) is 18.8. The van der Waals surface area contributed by atoms with E-state index < -0.39 is 5.85 Å². The highest BCUT2D eigenvalue weighted by Crippen LogP contribution is 2.33. The largest absolute Gasteiger partial charge is 0.827 e. The molecule has 0 aromatic carbocycles. The van der Waals surface area contributed by atoms with E-state index in [9.17, 15) is 15.0 Å². The number of carbonyl (C=O) groups is 1. The number of likely N-dealkylation sites (N-methyl/N-ethyl adjacent to an activating group) is 1. The molecule has 0 saturated heterocycles. The van der Waals surface area contributed by atoms with Crippen molar-refractivity contribution in [3.8, 4) is 0 Å². The fourth-order valence-electron chi connectivity index (χ4n) is 2.61. The molecule has 0 radical (unpaired) electrons. The number of hydrogen-bond donors (Lipinski definition) is 1. The molecule has 0 aromatic rings. The summed E-state index contributed by atoms with van der Waals surface area (Å²) < 4.78 is 0.500. The van der Waals surface area contributed by atoms with E-state index in [1.807, 2.05) is 21.1 Å². The third-order valence-electron chi connectivity index (χ3n) is 4.16. The molecule has 0 saturated carbocycles. The monoisotopic (exact) mass is 391 g/mol. The fourth-order valence-corrected chi connectivity index (χ4v) is 5.37. The number of hydrogen-bond acceptors (Lipinski definition) is 3. The minimum absolute atomic E-state index is 0.111. The molecule has 25 heavy (non-hydrogen) atoms. The van der Waals surface area contributed by atoms with Crippen molar-refractivity contribution in [1.82, 2.24) is 0 Å². The molecule has 0 aliphatic rings. The molecule has 0 rings (SSSR count). The van der Waals surface area contributed by atoms with Gasteiger partial charge in [0.15, 0.2) is 11.3 Å². The molecule has 0 amide bonds. The standard InChI is InChI=1S/C19H39NO3P2/c1-6-8-10-12-14-16(21)24-18(20(3,4)5)19(23)25-17(22)15-13-11-9-7-2/h18-19,23,25H,6-15H2,1-5H3. The summed E-state index contributed by atoms with van der Waals surface area (Å²) in [5.41, 5.74) is 0.334. The van der Waals surface area contributed by atoms with Gasteiger partial charge in [-0.2, -0.15) is 0 Å². The smallest absolute Gasteiger partial charge is 0.158 e. The summed E-state index contributed by atoms with van der Waals surface area (Å²) in [5, 5.41) is 22.9. The van der Waals surface area contributed by atoms with Gasteiger partial charge in [-0.25, -0.2) is 0 Å². The Morgan fingerprint density at radius 3 is 2.00 bits per heavy atom. The van der Waals surface area contributed by atoms with E-state index in [-0.39, 0.29) is 25.4 Å². The quantitative estimate of drug-likeness (QED) is 0.261. The van der Waals surface area contributed by atoms with Crippen LogP contribution in [-0.4, -0.2) is 53.4 Å². The summed E-state index contributed by atoms with van der Waals surface area (Å²) in [6.45, 7) is 4.31. The van der Waals surface area contributed by atoms with Gasteiger partial charge in [0.05, 0.1) is 21.1 Å². The lowest BCUT2D eigenvalue weighted by molar-refractivity contribution is -0.882. The highest BCUT2D eigenvalue weighted by molar-refractivity contribution is 7.59. The molecule has 0 aromatic heterocycles. The van der Waals surface area contributed by atoms with Crippen LogP contribution in [0.25, 0.3) is 0 Å². The fraction of sp³-hybridized carbons (Fsp3) is 0.895. The van der Waals surface area contributed by atoms with Crippen molar-refractivity contribution in [1.29, 1.82) is 0 Å². The van der Waals surface area contributed by atoms with Gasteiger partial charge in [-0.05, 0) is 21.4 Å². The SMILES string of the molecule is CCCCCCC(=O)PC(O)C(P=C([O-])CCCCCC)[N+](C)(C)C. The summed E-state index contributed by atoms with van der Waals surface area (Å²) in [4.78, 5) is 12.1. The molecule has 0 heterocycles. The van der Waals surface area contributed by atoms with Crippen LogP contribution in [0.3, 0.4) is 0 Å². The van der Waals surface area contributed by atoms with E-state index in [4.69, 9.17) is 0 Å². The summed E-state index contributed by atoms with van der Waals surface area (Å²) >= 11 is 0. The Balaban J connectivity index is 4.61. The Bertz CT molecular complexity index is 395. The number of quaternary nitrogens is 1. The topological polar surface area (TPSA) is 60.4 Å². The normalized spacial score (nSPS) is 15.7. The molecule has 0 spiro atoms. The van der Waals surface area contributed by atoms with Crippen LogP contribution in [0.5, 0.6) is 0 Å². The van der Waals surface area contributed by atoms with E-state index in [0.29, 0.717) is 25.5 Å². The molecule has 0 aliphatic carbocycles. The van der Waals surface area contributed by atoms with Crippen LogP contribution in [0.1, 0.15) is 78.1 Å². The number of rotatable bonds is 15. The lowest BCUT2D eigenvalue weighted by Gasteiger charge is -2.35. The molecular weight excluding hydrogens is 352 g/mol. The maximum absolute atomic E-state index is 12.3. The van der Waals surface area contributed by atoms with Crippen molar-refractivity contribution in [2.75, 3.05) is 21.1 Å². The average Bonchev–Trinajstić information content (AvgIpc) is 2.52. The van der Waals surface area contributed by atoms with Gasteiger partial charge in [0.1, 0.15) is 5.85 Å². The first-order chi connectivity index (χ1) is 11.7. The van der Waals surface area contributed by atoms with Crippen molar-refractivity contribution in [2.45, 2.75) is 89.7 Å². The van der Waals surface area contributed by atoms with Crippen LogP contribution < -0.4 is 5.11 Å². The van der Waals surface area contributed by atoms with Crippen LogP contribution in [0, 0.1) is 0 Å². The molecule has 6 heteroatoms. The molecule has 148 valence electrons. The highest BCUT2D eigenvalue weighted by Gasteiger charge is 2.31. The van der Waals surface area contributed by atoms with E-state index >= 15 is 0 Å². The summed E-state index contributed by atoms with van der Waals surface area (Å²) in [5.74, 6) is -0.948. The molecule has 0 bridgehead atoms. The Kier molecular flexibility index (Phi) is 14.3. The molecule has 1 N–H and O–H groups in total. The van der Waals surface area contributed by atoms with Gasteiger partial charge in [-0.1, -0.05) is 67.0 Å². The van der Waals surface area contributed by atoms with Gasteiger partial charge in [-0.15, -0.1) is 5.48 Å². The van der Waals surface area contributed by atoms with Gasteiger partial charge in [0.2, 0.25) is 0 Å². The second-order valence-electron chi connectivity index (χ2n) is 7.69. The van der Waals surface area contributed by atoms with Crippen molar-refractivity contribution >= 4 is 27.8 Å². The Morgan fingerprint density at radius 1 is 1.00 bits per heavy atom. The van der Waals surface area contributed by atoms with Gasteiger partial charge in [0.25, 0.3) is 0 Å². The Labute approximate surface area is 158 Å². The van der Waals surface area contributed by atoms with Crippen molar-refractivity contribution in [3.05, 3.63) is 0 Å². The Hall–Kier alpha value is 0.150. The van der Waals surface area contributed by atoms with Crippen LogP contribution in [0.15, 0.2) is 0 Å². The zero-order valence-electron chi connectivity index (χ0n) is 16.9. The van der Waals surface area contributed by atoms with Gasteiger partial charge < -0.3 is 14.7 Å². The number of carbonyl (C=O) groups excluding carboxylic acids is 1. The predicted molar refractivity (Wildman–Crippen MR) is 111 cm³/mol. The van der Waals surface area contributed by atoms with Crippen LogP contribution >= 0.6 is 16.8 Å². The first-order valence-corrected chi connectivity index (χ1v) is 11.8. The van der Waals surface area contributed by atoms with Crippen molar-refractivity contribution in [3.63, 3.8) is 0 Å². The van der Waals surface area contributed by atoms with E-state index in [1.54, 1.807) is 0 Å². The van der Waals surface area contributed by atoms with Crippen molar-refractivity contribution < 1.29 is 19.5 Å². The maximum atomic E-state index is 12.3. The summed E-state index contributed by atoms with van der Waals surface area (Å²) in [6, 6.07) is 0. The van der Waals surface area contributed by atoms with E-state index in [2.05, 4.69) is 13.8 Å². The zero-order chi connectivity index (χ0) is 19.3. The minimum atomic E-state index is -0.722. The van der Waals surface area contributed by atoms with Gasteiger partial charge in [0, 0.05) is 6.42 Å². The lowest BCUT2D eigenvalue weighted by atomic mass is 10.2. The number of aliphatic hydroxyl groups excluding tert-OH is 1. The van der Waals surface area contributed by atoms with E-state index in [1.165, 1.54) is 6.42 Å². The molecule has 4 nitrogen and oxygen atoms in total. The number of aliphatic hydroxyl groups is 1. The molecule has 0 aliphatic heterocycles. The Morgan fingerprint density at radius 2 is 1.52 bits per heavy atom. The third kappa shape index (κ3) is 13.0. The second-order valence-corrected chi connectivity index (χ2v) is 10.4. The van der Waals surface area contributed by atoms with E-state index in [0.717, 1.165) is 44.9 Å². The molecule has 3 unspecified atom stereocenters. The lowest BCUT2D eigenvalue weighted by Crippen LogP contribution is -2.48. The van der Waals surface area contributed by atoms with Crippen LogP contribution in [-0.2, 0) is 4.79 Å². The second kappa shape index (κ2) is 14.2. The average molecular weight is 391 g/mol. The number of nitrogens with zero attached hydrogens (tertiary/aromatic N) is 1. The first-order valence-electron chi connectivity index (χ1n) is 9.74. The number of unbranched alkanes of at least 4 members (excludes halogenated alkanes) is 6. The van der Waals surface area contributed by atoms with Gasteiger partial charge in [-0.3, -0.25) is 4.79 Å². The maximum Gasteiger partial charge on any atom is 0.158 e. The van der Waals surface area contributed by atoms with Crippen molar-refractivity contribution in [2.24, 2.45) is 0 Å². The highest BCUT2D eigenvalue weighted by atomic mass is 31.1. The molecule has 0 fully saturated rings. The predicted octanol–water partition coefficient (Wildman–Crippen LogP) is 3.92. The van der Waals surface area contributed by atoms with Crippen LogP contribution in [0.4, 0.5) is 0 Å². The molecular formula is C19H39NO3P2. The molecule has 3 atom stereocenters. The minimum Gasteiger partial charge on any atom is -0.827 e. The summed E-state index contributed by atoms with van der Waals surface area (Å²) in [7, 11) is 6.51. The first kappa shape index (κ1) is 25.1. The van der Waals surface area contributed by atoms with Gasteiger partial charge >= 0.3 is 0 Å². The summed E-state index contributed by atoms with van der Waals surface area (Å²) in [6.07, 6.45) is 9.79. The van der Waals surface area contributed by atoms with Crippen LogP contribution in [0.2, 0.25) is 0 Å². The third-order valence-corrected chi connectivity index (χ3v) is 7.38.